The Hall–Kier alpha value is -2.44. The molecule has 0 aliphatic heterocycles. The zero-order valence-corrected chi connectivity index (χ0v) is 9.79. The average Bonchev–Trinajstić information content (AvgIpc) is 2.34. The van der Waals surface area contributed by atoms with Crippen LogP contribution in [0.1, 0.15) is 19.8 Å². The average molecular weight is 251 g/mol. The molecule has 96 valence electrons. The minimum atomic E-state index is -0.875. The van der Waals surface area contributed by atoms with E-state index in [1.165, 1.54) is 24.3 Å². The second-order valence-electron chi connectivity index (χ2n) is 3.66. The zero-order valence-electron chi connectivity index (χ0n) is 9.79. The largest absolute Gasteiger partial charge is 0.481 e. The summed E-state index contributed by atoms with van der Waals surface area (Å²) in [6.45, 7) is 1.71. The Morgan fingerprint density at radius 1 is 1.39 bits per heavy atom. The highest BCUT2D eigenvalue weighted by Crippen LogP contribution is 2.15. The molecule has 0 saturated carbocycles. The van der Waals surface area contributed by atoms with Crippen LogP contribution in [-0.2, 0) is 4.79 Å². The maximum atomic E-state index is 10.4. The van der Waals surface area contributed by atoms with E-state index in [0.29, 0.717) is 17.8 Å². The smallest absolute Gasteiger partial charge is 0.303 e. The normalized spacial score (nSPS) is 11.1. The molecule has 0 aliphatic carbocycles. The molecule has 18 heavy (non-hydrogen) atoms. The van der Waals surface area contributed by atoms with E-state index in [1.807, 2.05) is 0 Å². The predicted molar refractivity (Wildman–Crippen MR) is 66.7 cm³/mol. The first-order chi connectivity index (χ1) is 8.49. The molecule has 1 aromatic rings. The van der Waals surface area contributed by atoms with Crippen LogP contribution in [-0.4, -0.2) is 21.7 Å². The fraction of sp³-hybridized carbons (Fsp3) is 0.273. The molecule has 0 bridgehead atoms. The number of nitrogens with zero attached hydrogens (tertiary/aromatic N) is 2. The summed E-state index contributed by atoms with van der Waals surface area (Å²) in [5, 5.41) is 22.9. The van der Waals surface area contributed by atoms with Crippen molar-refractivity contribution >= 4 is 23.1 Å². The van der Waals surface area contributed by atoms with Gasteiger partial charge >= 0.3 is 5.97 Å². The zero-order chi connectivity index (χ0) is 13.5. The number of hydrogen-bond acceptors (Lipinski definition) is 5. The Morgan fingerprint density at radius 2 is 2.00 bits per heavy atom. The van der Waals surface area contributed by atoms with Crippen molar-refractivity contribution in [2.24, 2.45) is 5.10 Å². The fourth-order valence-electron chi connectivity index (χ4n) is 1.16. The first kappa shape index (κ1) is 13.6. The molecule has 0 radical (unpaired) electrons. The van der Waals surface area contributed by atoms with E-state index in [4.69, 9.17) is 5.11 Å². The number of carboxylic acid groups (broad SMARTS) is 1. The number of nitro groups is 1. The predicted octanol–water partition coefficient (Wildman–Crippen LogP) is 2.25. The number of aliphatic carboxylic acids is 1. The minimum absolute atomic E-state index is 0.00660. The van der Waals surface area contributed by atoms with E-state index >= 15 is 0 Å². The maximum absolute atomic E-state index is 10.4. The van der Waals surface area contributed by atoms with Gasteiger partial charge in [0.2, 0.25) is 0 Å². The molecule has 7 heteroatoms. The first-order valence-corrected chi connectivity index (χ1v) is 5.24. The van der Waals surface area contributed by atoms with Crippen molar-refractivity contribution in [3.05, 3.63) is 34.4 Å². The lowest BCUT2D eigenvalue weighted by molar-refractivity contribution is -0.384. The minimum Gasteiger partial charge on any atom is -0.481 e. The van der Waals surface area contributed by atoms with Gasteiger partial charge in [-0.1, -0.05) is 0 Å². The molecular formula is C11H13N3O4. The van der Waals surface area contributed by atoms with Gasteiger partial charge in [-0.3, -0.25) is 20.3 Å². The number of benzene rings is 1. The number of hydrogen-bond donors (Lipinski definition) is 2. The topological polar surface area (TPSA) is 105 Å². The number of anilines is 1. The van der Waals surface area contributed by atoms with Gasteiger partial charge in [-0.15, -0.1) is 0 Å². The highest BCUT2D eigenvalue weighted by Gasteiger charge is 2.03. The summed E-state index contributed by atoms with van der Waals surface area (Å²) in [6, 6.07) is 5.80. The van der Waals surface area contributed by atoms with Crippen molar-refractivity contribution in [1.29, 1.82) is 0 Å². The lowest BCUT2D eigenvalue weighted by Crippen LogP contribution is -2.02. The van der Waals surface area contributed by atoms with Gasteiger partial charge in [-0.2, -0.15) is 5.10 Å². The van der Waals surface area contributed by atoms with Crippen LogP contribution in [0.5, 0.6) is 0 Å². The Bertz CT molecular complexity index is 468. The standard InChI is InChI=1S/C11H13N3O4/c1-8(2-7-11(15)16)12-13-9-3-5-10(6-4-9)14(17)18/h3-6,13H,2,7H2,1H3,(H,15,16)/b12-8+. The van der Waals surface area contributed by atoms with Crippen molar-refractivity contribution in [1.82, 2.24) is 0 Å². The molecule has 0 aliphatic rings. The maximum Gasteiger partial charge on any atom is 0.303 e. The van der Waals surface area contributed by atoms with Crippen molar-refractivity contribution in [2.75, 3.05) is 5.43 Å². The molecule has 0 unspecified atom stereocenters. The number of non-ortho nitro benzene ring substituents is 1. The SMILES string of the molecule is C/C(CCC(=O)O)=N\Nc1ccc([N+](=O)[O-])cc1. The van der Waals surface area contributed by atoms with Crippen molar-refractivity contribution in [2.45, 2.75) is 19.8 Å². The van der Waals surface area contributed by atoms with Gasteiger partial charge in [0.15, 0.2) is 0 Å². The quantitative estimate of drug-likeness (QED) is 0.458. The van der Waals surface area contributed by atoms with Crippen LogP contribution < -0.4 is 5.43 Å². The number of carboxylic acids is 1. The van der Waals surface area contributed by atoms with Crippen molar-refractivity contribution in [3.63, 3.8) is 0 Å². The van der Waals surface area contributed by atoms with Crippen LogP contribution in [0.25, 0.3) is 0 Å². The van der Waals surface area contributed by atoms with Gasteiger partial charge in [-0.25, -0.2) is 0 Å². The van der Waals surface area contributed by atoms with E-state index in [-0.39, 0.29) is 12.1 Å². The van der Waals surface area contributed by atoms with Gasteiger partial charge in [-0.05, 0) is 25.5 Å². The molecule has 1 rings (SSSR count). The van der Waals surface area contributed by atoms with Crippen LogP contribution in [0.3, 0.4) is 0 Å². The Kier molecular flexibility index (Phi) is 4.79. The van der Waals surface area contributed by atoms with Crippen molar-refractivity contribution in [3.8, 4) is 0 Å². The molecular weight excluding hydrogens is 238 g/mol. The Morgan fingerprint density at radius 3 is 2.50 bits per heavy atom. The monoisotopic (exact) mass is 251 g/mol. The Balaban J connectivity index is 2.54. The lowest BCUT2D eigenvalue weighted by Gasteiger charge is -2.02. The van der Waals surface area contributed by atoms with Gasteiger partial charge in [0.05, 0.1) is 17.0 Å². The summed E-state index contributed by atoms with van der Waals surface area (Å²) in [6.07, 6.45) is 0.382. The number of nitro benzene ring substituents is 1. The molecule has 7 nitrogen and oxygen atoms in total. The van der Waals surface area contributed by atoms with E-state index in [2.05, 4.69) is 10.5 Å². The third kappa shape index (κ3) is 4.60. The first-order valence-electron chi connectivity index (χ1n) is 5.24. The van der Waals surface area contributed by atoms with Crippen molar-refractivity contribution < 1.29 is 14.8 Å². The molecule has 2 N–H and O–H groups in total. The van der Waals surface area contributed by atoms with E-state index in [0.717, 1.165) is 0 Å². The number of rotatable bonds is 6. The third-order valence-electron chi connectivity index (χ3n) is 2.15. The van der Waals surface area contributed by atoms with Crippen LogP contribution in [0.4, 0.5) is 11.4 Å². The summed E-state index contributed by atoms with van der Waals surface area (Å²) in [7, 11) is 0. The number of carbonyl (C=O) groups is 1. The summed E-state index contributed by atoms with van der Waals surface area (Å²) in [5.41, 5.74) is 3.97. The fourth-order valence-corrected chi connectivity index (χ4v) is 1.16. The van der Waals surface area contributed by atoms with Crippen LogP contribution in [0.2, 0.25) is 0 Å². The molecule has 0 amide bonds. The van der Waals surface area contributed by atoms with Gasteiger partial charge in [0.1, 0.15) is 0 Å². The summed E-state index contributed by atoms with van der Waals surface area (Å²) in [4.78, 5) is 20.3. The van der Waals surface area contributed by atoms with Crippen LogP contribution in [0, 0.1) is 10.1 Å². The molecule has 0 atom stereocenters. The molecule has 0 heterocycles. The Labute approximate surface area is 103 Å². The van der Waals surface area contributed by atoms with E-state index < -0.39 is 10.9 Å². The molecule has 1 aromatic carbocycles. The third-order valence-corrected chi connectivity index (χ3v) is 2.15. The summed E-state index contributed by atoms with van der Waals surface area (Å²) >= 11 is 0. The van der Waals surface area contributed by atoms with E-state index in [1.54, 1.807) is 6.92 Å². The number of hydrazone groups is 1. The molecule has 0 saturated heterocycles. The van der Waals surface area contributed by atoms with Gasteiger partial charge in [0.25, 0.3) is 5.69 Å². The van der Waals surface area contributed by atoms with Gasteiger partial charge < -0.3 is 5.11 Å². The highest BCUT2D eigenvalue weighted by molar-refractivity contribution is 5.85. The summed E-state index contributed by atoms with van der Waals surface area (Å²) in [5.74, 6) is -0.875. The highest BCUT2D eigenvalue weighted by atomic mass is 16.6. The second-order valence-corrected chi connectivity index (χ2v) is 3.66. The summed E-state index contributed by atoms with van der Waals surface area (Å²) < 4.78 is 0. The molecule has 0 aromatic heterocycles. The number of nitrogens with one attached hydrogen (secondary N) is 1. The molecule has 0 spiro atoms. The molecule has 0 fully saturated rings. The second kappa shape index (κ2) is 6.33. The van der Waals surface area contributed by atoms with Crippen LogP contribution >= 0.6 is 0 Å². The van der Waals surface area contributed by atoms with Gasteiger partial charge in [0, 0.05) is 17.8 Å². The van der Waals surface area contributed by atoms with Crippen LogP contribution in [0.15, 0.2) is 29.4 Å². The lowest BCUT2D eigenvalue weighted by atomic mass is 10.2. The van der Waals surface area contributed by atoms with E-state index in [9.17, 15) is 14.9 Å².